The van der Waals surface area contributed by atoms with Crippen molar-refractivity contribution in [2.75, 3.05) is 12.0 Å². The Morgan fingerprint density at radius 3 is 2.67 bits per heavy atom. The van der Waals surface area contributed by atoms with Crippen LogP contribution in [-0.4, -0.2) is 27.1 Å². The smallest absolute Gasteiger partial charge is 0.254 e. The van der Waals surface area contributed by atoms with E-state index in [2.05, 4.69) is 10.3 Å². The fourth-order valence-corrected chi connectivity index (χ4v) is 2.68. The number of halogens is 1. The van der Waals surface area contributed by atoms with Crippen LogP contribution in [0.15, 0.2) is 48.8 Å². The molecule has 0 bridgehead atoms. The number of hydrogen-bond acceptors (Lipinski definition) is 3. The van der Waals surface area contributed by atoms with Crippen molar-refractivity contribution < 1.29 is 13.4 Å². The van der Waals surface area contributed by atoms with Crippen molar-refractivity contribution in [1.29, 1.82) is 0 Å². The minimum atomic E-state index is -1.10. The van der Waals surface area contributed by atoms with Gasteiger partial charge >= 0.3 is 0 Å². The first-order valence-corrected chi connectivity index (χ1v) is 8.06. The summed E-state index contributed by atoms with van der Waals surface area (Å²) in [7, 11) is -1.10. The Labute approximate surface area is 124 Å². The first kappa shape index (κ1) is 15.3. The molecule has 0 saturated heterocycles. The maximum absolute atomic E-state index is 13.6. The van der Waals surface area contributed by atoms with Crippen LogP contribution in [0.25, 0.3) is 0 Å². The van der Waals surface area contributed by atoms with Crippen LogP contribution in [0.1, 0.15) is 22.0 Å². The van der Waals surface area contributed by atoms with E-state index in [9.17, 15) is 13.4 Å². The molecule has 4 nitrogen and oxygen atoms in total. The highest BCUT2D eigenvalue weighted by Crippen LogP contribution is 2.15. The zero-order chi connectivity index (χ0) is 15.2. The number of carbonyl (C=O) groups is 1. The van der Waals surface area contributed by atoms with Gasteiger partial charge in [-0.1, -0.05) is 30.3 Å². The molecule has 0 aliphatic carbocycles. The number of pyridine rings is 1. The molecule has 1 amide bonds. The van der Waals surface area contributed by atoms with Crippen LogP contribution < -0.4 is 5.32 Å². The highest BCUT2D eigenvalue weighted by Gasteiger charge is 2.19. The molecular formula is C15H15FN2O2S. The largest absolute Gasteiger partial charge is 0.344 e. The molecule has 1 aromatic carbocycles. The molecule has 0 aliphatic rings. The Kier molecular flexibility index (Phi) is 5.16. The van der Waals surface area contributed by atoms with Crippen LogP contribution in [-0.2, 0) is 10.8 Å². The van der Waals surface area contributed by atoms with Crippen molar-refractivity contribution in [1.82, 2.24) is 10.3 Å². The Hall–Kier alpha value is -2.08. The van der Waals surface area contributed by atoms with Gasteiger partial charge in [-0.2, -0.15) is 0 Å². The third kappa shape index (κ3) is 4.19. The Morgan fingerprint density at radius 2 is 2.05 bits per heavy atom. The summed E-state index contributed by atoms with van der Waals surface area (Å²) >= 11 is 0. The summed E-state index contributed by atoms with van der Waals surface area (Å²) in [5, 5.41) is 2.72. The average Bonchev–Trinajstić information content (AvgIpc) is 2.47. The highest BCUT2D eigenvalue weighted by molar-refractivity contribution is 7.84. The highest BCUT2D eigenvalue weighted by atomic mass is 32.2. The minimum absolute atomic E-state index is 0.0761. The van der Waals surface area contributed by atoms with Gasteiger partial charge in [0.1, 0.15) is 0 Å². The number of benzene rings is 1. The van der Waals surface area contributed by atoms with E-state index in [4.69, 9.17) is 0 Å². The van der Waals surface area contributed by atoms with Gasteiger partial charge in [-0.15, -0.1) is 0 Å². The molecular weight excluding hydrogens is 291 g/mol. The molecule has 0 radical (unpaired) electrons. The Balaban J connectivity index is 2.21. The van der Waals surface area contributed by atoms with Crippen LogP contribution in [0, 0.1) is 5.82 Å². The molecule has 1 N–H and O–H groups in total. The molecule has 1 aromatic heterocycles. The first-order valence-electron chi connectivity index (χ1n) is 6.33. The summed E-state index contributed by atoms with van der Waals surface area (Å²) in [6, 6.07) is 10.1. The number of rotatable bonds is 5. The van der Waals surface area contributed by atoms with E-state index in [1.165, 1.54) is 12.3 Å². The maximum atomic E-state index is 13.6. The molecule has 6 heteroatoms. The van der Waals surface area contributed by atoms with Gasteiger partial charge in [0.05, 0.1) is 17.8 Å². The van der Waals surface area contributed by atoms with Crippen molar-refractivity contribution in [3.63, 3.8) is 0 Å². The monoisotopic (exact) mass is 306 g/mol. The van der Waals surface area contributed by atoms with Gasteiger partial charge in [-0.25, -0.2) is 4.39 Å². The lowest BCUT2D eigenvalue weighted by atomic mass is 10.1. The second-order valence-corrected chi connectivity index (χ2v) is 6.01. The summed E-state index contributed by atoms with van der Waals surface area (Å²) in [5.74, 6) is -0.962. The molecule has 1 heterocycles. The lowest BCUT2D eigenvalue weighted by Gasteiger charge is -2.18. The normalized spacial score (nSPS) is 13.4. The fraction of sp³-hybridized carbons (Fsp3) is 0.200. The summed E-state index contributed by atoms with van der Waals surface area (Å²) < 4.78 is 25.1. The van der Waals surface area contributed by atoms with Crippen molar-refractivity contribution in [3.05, 3.63) is 65.7 Å². The van der Waals surface area contributed by atoms with Gasteiger partial charge in [0.2, 0.25) is 0 Å². The number of nitrogens with zero attached hydrogens (tertiary/aromatic N) is 1. The predicted molar refractivity (Wildman–Crippen MR) is 79.8 cm³/mol. The fourth-order valence-electron chi connectivity index (χ4n) is 1.94. The third-order valence-corrected chi connectivity index (χ3v) is 3.73. The van der Waals surface area contributed by atoms with Crippen LogP contribution in [0.5, 0.6) is 0 Å². The Morgan fingerprint density at radius 1 is 1.33 bits per heavy atom. The van der Waals surface area contributed by atoms with Gasteiger partial charge in [0.25, 0.3) is 5.91 Å². The molecule has 2 unspecified atom stereocenters. The number of amides is 1. The zero-order valence-corrected chi connectivity index (χ0v) is 12.3. The summed E-state index contributed by atoms with van der Waals surface area (Å²) in [6.07, 6.45) is 3.91. The van der Waals surface area contributed by atoms with Crippen LogP contribution in [0.3, 0.4) is 0 Å². The molecule has 2 aromatic rings. The molecule has 0 spiro atoms. The molecule has 0 fully saturated rings. The topological polar surface area (TPSA) is 59.1 Å². The van der Waals surface area contributed by atoms with Gasteiger partial charge in [-0.05, 0) is 11.6 Å². The Bertz CT molecular complexity index is 649. The van der Waals surface area contributed by atoms with Crippen LogP contribution in [0.4, 0.5) is 4.39 Å². The maximum Gasteiger partial charge on any atom is 0.254 e. The molecule has 21 heavy (non-hydrogen) atoms. The molecule has 2 rings (SSSR count). The van der Waals surface area contributed by atoms with E-state index in [0.29, 0.717) is 0 Å². The van der Waals surface area contributed by atoms with Crippen molar-refractivity contribution in [2.24, 2.45) is 0 Å². The first-order chi connectivity index (χ1) is 10.1. The lowest BCUT2D eigenvalue weighted by Crippen LogP contribution is -2.32. The molecule has 110 valence electrons. The summed E-state index contributed by atoms with van der Waals surface area (Å²) in [5.41, 5.74) is 0.753. The van der Waals surface area contributed by atoms with Crippen LogP contribution in [0.2, 0.25) is 0 Å². The molecule has 2 atom stereocenters. The van der Waals surface area contributed by atoms with E-state index < -0.39 is 28.6 Å². The van der Waals surface area contributed by atoms with E-state index in [0.717, 1.165) is 11.8 Å². The number of aromatic nitrogens is 1. The van der Waals surface area contributed by atoms with Gasteiger partial charge < -0.3 is 5.32 Å². The average molecular weight is 306 g/mol. The number of carbonyl (C=O) groups excluding carboxylic acids is 1. The predicted octanol–water partition coefficient (Wildman–Crippen LogP) is 2.07. The standard InChI is InChI=1S/C15H15FN2O2S/c1-21(20)10-14(11-5-3-2-4-6-11)18-15(19)12-7-8-17-9-13(12)16/h2-9,14H,10H2,1H3,(H,18,19). The zero-order valence-electron chi connectivity index (χ0n) is 11.5. The van der Waals surface area contributed by atoms with Gasteiger partial charge in [-0.3, -0.25) is 14.0 Å². The SMILES string of the molecule is CS(=O)CC(NC(=O)c1ccncc1F)c1ccccc1. The quantitative estimate of drug-likeness (QED) is 0.920. The van der Waals surface area contributed by atoms with Gasteiger partial charge in [0.15, 0.2) is 5.82 Å². The third-order valence-electron chi connectivity index (χ3n) is 2.93. The van der Waals surface area contributed by atoms with E-state index >= 15 is 0 Å². The number of nitrogens with one attached hydrogen (secondary N) is 1. The molecule has 0 saturated carbocycles. The second kappa shape index (κ2) is 7.08. The van der Waals surface area contributed by atoms with Gasteiger partial charge in [0, 0.05) is 29.0 Å². The van der Waals surface area contributed by atoms with Crippen molar-refractivity contribution in [3.8, 4) is 0 Å². The summed E-state index contributed by atoms with van der Waals surface area (Å²) in [6.45, 7) is 0. The summed E-state index contributed by atoms with van der Waals surface area (Å²) in [4.78, 5) is 15.8. The van der Waals surface area contributed by atoms with E-state index in [-0.39, 0.29) is 11.3 Å². The second-order valence-electron chi connectivity index (χ2n) is 4.53. The lowest BCUT2D eigenvalue weighted by molar-refractivity contribution is 0.0936. The van der Waals surface area contributed by atoms with E-state index in [1.807, 2.05) is 30.3 Å². The molecule has 0 aliphatic heterocycles. The van der Waals surface area contributed by atoms with Crippen molar-refractivity contribution in [2.45, 2.75) is 6.04 Å². The number of hydrogen-bond donors (Lipinski definition) is 1. The minimum Gasteiger partial charge on any atom is -0.344 e. The van der Waals surface area contributed by atoms with Crippen molar-refractivity contribution >= 4 is 16.7 Å². The van der Waals surface area contributed by atoms with Crippen LogP contribution >= 0.6 is 0 Å². The van der Waals surface area contributed by atoms with E-state index in [1.54, 1.807) is 6.26 Å².